The number of phenolic OH excluding ortho intramolecular Hbond substituents is 2. The van der Waals surface area contributed by atoms with Crippen LogP contribution in [0.4, 0.5) is 0 Å². The third-order valence-electron chi connectivity index (χ3n) is 14.9. The number of nitrogens with one attached hydrogen (secondary N) is 8. The molecule has 26 heteroatoms. The summed E-state index contributed by atoms with van der Waals surface area (Å²) < 4.78 is 0. The van der Waals surface area contributed by atoms with Crippen LogP contribution >= 0.6 is 0 Å². The fraction of sp³-hybridized carbons (Fsp3) is 0.525. The number of hydrogen-bond donors (Lipinski definition) is 14. The zero-order valence-electron chi connectivity index (χ0n) is 50.4. The number of aromatic hydroxyl groups is 2. The number of carboxylic acids is 2. The number of carbonyl (C=O) groups is 11. The number of likely N-dealkylation sites (tertiary alicyclic amines) is 1. The second kappa shape index (κ2) is 33.9. The standard InChI is InChI=1S/C61H86N10O16/c1-9-35(8)51(70-52(77)41(62)27-37-17-21-39(73)22-18-37)59(84)66-43(29-38-19-23-40(74)24-20-38)54(79)65-45(30-48(75)76)55(80)63-42(26-32(2)3)53(78)64-44(28-36-14-11-10-12-15-36)56(81)69-50(34(6)7)60(85)71-25-13-16-47(71)57(82)68-49(33(4)5)58(83)67-46(31-72)61(86)87/h10-12,14-15,17-24,32-35,41-47,49-51,72-74H,9,13,16,25-31,62H2,1-8H3,(H,63,80)(H,64,78)(H,65,79)(H,66,84)(H,67,83)(H,68,82)(H,69,81)(H,70,77)(H,75,76)(H,86,87)/t35-,41-,42-,43-,44-,45-,46-,47-,49-,50-,51-/m0/s1. The van der Waals surface area contributed by atoms with E-state index >= 15 is 0 Å². The highest BCUT2D eigenvalue weighted by Gasteiger charge is 2.42. The van der Waals surface area contributed by atoms with Gasteiger partial charge in [-0.15, -0.1) is 0 Å². The van der Waals surface area contributed by atoms with Gasteiger partial charge in [-0.25, -0.2) is 4.79 Å². The summed E-state index contributed by atoms with van der Waals surface area (Å²) in [6, 6.07) is 6.27. The Morgan fingerprint density at radius 3 is 1.48 bits per heavy atom. The van der Waals surface area contributed by atoms with Gasteiger partial charge in [0.05, 0.1) is 19.1 Å². The van der Waals surface area contributed by atoms with Crippen molar-refractivity contribution >= 4 is 65.1 Å². The largest absolute Gasteiger partial charge is 0.508 e. The molecule has 0 unspecified atom stereocenters. The zero-order valence-corrected chi connectivity index (χ0v) is 50.4. The van der Waals surface area contributed by atoms with E-state index < -0.39 is 156 Å². The number of carbonyl (C=O) groups excluding carboxylic acids is 9. The van der Waals surface area contributed by atoms with Crippen molar-refractivity contribution in [3.63, 3.8) is 0 Å². The zero-order chi connectivity index (χ0) is 64.8. The molecular formula is C61H86N10O16. The lowest BCUT2D eigenvalue weighted by Crippen LogP contribution is -2.62. The summed E-state index contributed by atoms with van der Waals surface area (Å²) in [6.07, 6.45) is -0.487. The molecule has 0 aromatic heterocycles. The Balaban J connectivity index is 1.59. The van der Waals surface area contributed by atoms with Crippen LogP contribution in [-0.2, 0) is 72.0 Å². The molecule has 0 saturated carbocycles. The molecular weight excluding hydrogens is 1130 g/mol. The van der Waals surface area contributed by atoms with E-state index in [2.05, 4.69) is 42.5 Å². The van der Waals surface area contributed by atoms with Gasteiger partial charge >= 0.3 is 11.9 Å². The predicted octanol–water partition coefficient (Wildman–Crippen LogP) is 0.278. The summed E-state index contributed by atoms with van der Waals surface area (Å²) in [5, 5.41) is 69.3. The summed E-state index contributed by atoms with van der Waals surface area (Å²) in [6.45, 7) is 12.7. The molecule has 476 valence electrons. The van der Waals surface area contributed by atoms with E-state index in [1.165, 1.54) is 41.3 Å². The lowest BCUT2D eigenvalue weighted by molar-refractivity contribution is -0.145. The molecule has 4 rings (SSSR count). The number of benzene rings is 3. The monoisotopic (exact) mass is 1210 g/mol. The van der Waals surface area contributed by atoms with E-state index in [9.17, 15) is 78.3 Å². The van der Waals surface area contributed by atoms with Crippen LogP contribution in [0.5, 0.6) is 11.5 Å². The summed E-state index contributed by atoms with van der Waals surface area (Å²) >= 11 is 0. The number of phenols is 2. The second-order valence-corrected chi connectivity index (χ2v) is 23.1. The van der Waals surface area contributed by atoms with Gasteiger partial charge in [-0.05, 0) is 90.3 Å². The van der Waals surface area contributed by atoms with Gasteiger partial charge in [-0.2, -0.15) is 0 Å². The van der Waals surface area contributed by atoms with Gasteiger partial charge in [0.2, 0.25) is 53.2 Å². The number of carboxylic acid groups (broad SMARTS) is 2. The van der Waals surface area contributed by atoms with E-state index in [-0.39, 0.29) is 56.1 Å². The van der Waals surface area contributed by atoms with Crippen molar-refractivity contribution in [1.82, 2.24) is 47.4 Å². The summed E-state index contributed by atoms with van der Waals surface area (Å²) in [5.41, 5.74) is 7.88. The minimum atomic E-state index is -1.87. The highest BCUT2D eigenvalue weighted by Crippen LogP contribution is 2.23. The van der Waals surface area contributed by atoms with Gasteiger partial charge in [0.15, 0.2) is 0 Å². The molecule has 0 aliphatic carbocycles. The van der Waals surface area contributed by atoms with E-state index in [1.807, 2.05) is 0 Å². The highest BCUT2D eigenvalue weighted by atomic mass is 16.4. The number of aliphatic hydroxyl groups is 1. The number of nitrogens with zero attached hydrogens (tertiary/aromatic N) is 1. The lowest BCUT2D eigenvalue weighted by atomic mass is 9.96. The SMILES string of the molecule is CC[C@H](C)[C@H](NC(=O)[C@@H](N)Cc1ccc(O)cc1)C(=O)N[C@@H](Cc1ccc(O)cc1)C(=O)N[C@@H](CC(=O)O)C(=O)N[C@@H](CC(C)C)C(=O)N[C@@H](Cc1ccccc1)C(=O)N[C@H](C(=O)N1CCC[C@H]1C(=O)N[C@H](C(=O)N[C@@H](CO)C(=O)O)C(C)C)C(C)C. The normalized spacial score (nSPS) is 16.5. The van der Waals surface area contributed by atoms with Crippen molar-refractivity contribution in [3.8, 4) is 11.5 Å². The van der Waals surface area contributed by atoms with Gasteiger partial charge in [-0.1, -0.05) is 116 Å². The first-order valence-electron chi connectivity index (χ1n) is 29.2. The van der Waals surface area contributed by atoms with Crippen LogP contribution < -0.4 is 48.3 Å². The number of nitrogens with two attached hydrogens (primary N) is 1. The van der Waals surface area contributed by atoms with Crippen LogP contribution in [-0.4, -0.2) is 169 Å². The van der Waals surface area contributed by atoms with Crippen molar-refractivity contribution in [3.05, 3.63) is 95.6 Å². The Kier molecular flexibility index (Phi) is 27.6. The van der Waals surface area contributed by atoms with Gasteiger partial charge in [0.1, 0.15) is 65.9 Å². The van der Waals surface area contributed by atoms with Crippen molar-refractivity contribution in [2.75, 3.05) is 13.2 Å². The smallest absolute Gasteiger partial charge is 0.328 e. The van der Waals surface area contributed by atoms with Crippen molar-refractivity contribution in [1.29, 1.82) is 0 Å². The first kappa shape index (κ1) is 70.8. The Morgan fingerprint density at radius 2 is 0.977 bits per heavy atom. The van der Waals surface area contributed by atoms with E-state index in [4.69, 9.17) is 5.73 Å². The fourth-order valence-corrected chi connectivity index (χ4v) is 9.72. The summed E-state index contributed by atoms with van der Waals surface area (Å²) in [4.78, 5) is 152. The maximum atomic E-state index is 14.6. The van der Waals surface area contributed by atoms with Crippen molar-refractivity contribution in [2.24, 2.45) is 29.4 Å². The average Bonchev–Trinajstić information content (AvgIpc) is 3.04. The quantitative estimate of drug-likeness (QED) is 0.0389. The molecule has 11 atom stereocenters. The van der Waals surface area contributed by atoms with E-state index in [0.717, 1.165) is 0 Å². The van der Waals surface area contributed by atoms with Gasteiger partial charge < -0.3 is 78.7 Å². The lowest BCUT2D eigenvalue weighted by Gasteiger charge is -2.33. The van der Waals surface area contributed by atoms with Gasteiger partial charge in [0.25, 0.3) is 0 Å². The molecule has 1 aliphatic heterocycles. The minimum Gasteiger partial charge on any atom is -0.508 e. The van der Waals surface area contributed by atoms with E-state index in [1.54, 1.807) is 97.9 Å². The highest BCUT2D eigenvalue weighted by molar-refractivity contribution is 5.99. The third-order valence-corrected chi connectivity index (χ3v) is 14.9. The molecule has 3 aromatic carbocycles. The second-order valence-electron chi connectivity index (χ2n) is 23.1. The molecule has 1 heterocycles. The van der Waals surface area contributed by atoms with Gasteiger partial charge in [0, 0.05) is 19.4 Å². The van der Waals surface area contributed by atoms with Crippen LogP contribution in [0.3, 0.4) is 0 Å². The van der Waals surface area contributed by atoms with E-state index in [0.29, 0.717) is 29.5 Å². The molecule has 3 aromatic rings. The molecule has 1 aliphatic rings. The maximum Gasteiger partial charge on any atom is 0.328 e. The molecule has 9 amide bonds. The maximum absolute atomic E-state index is 14.6. The third kappa shape index (κ3) is 22.0. The number of hydrogen-bond acceptors (Lipinski definition) is 15. The predicted molar refractivity (Wildman–Crippen MR) is 317 cm³/mol. The molecule has 1 saturated heterocycles. The molecule has 1 fully saturated rings. The van der Waals surface area contributed by atoms with Crippen LogP contribution in [0.1, 0.15) is 104 Å². The molecule has 26 nitrogen and oxygen atoms in total. The Labute approximate surface area is 505 Å². The van der Waals surface area contributed by atoms with Crippen molar-refractivity contribution in [2.45, 2.75) is 167 Å². The first-order chi connectivity index (χ1) is 41.0. The topological polar surface area (TPSA) is 414 Å². The molecule has 0 bridgehead atoms. The van der Waals surface area contributed by atoms with Crippen LogP contribution in [0, 0.1) is 23.7 Å². The molecule has 15 N–H and O–H groups in total. The number of aliphatic hydroxyl groups excluding tert-OH is 1. The number of rotatable bonds is 33. The average molecular weight is 1220 g/mol. The fourth-order valence-electron chi connectivity index (χ4n) is 9.72. The van der Waals surface area contributed by atoms with Gasteiger partial charge in [-0.3, -0.25) is 47.9 Å². The number of aliphatic carboxylic acids is 2. The molecule has 0 radical (unpaired) electrons. The molecule has 0 spiro atoms. The molecule has 87 heavy (non-hydrogen) atoms. The summed E-state index contributed by atoms with van der Waals surface area (Å²) in [7, 11) is 0. The Hall–Kier alpha value is -8.65. The first-order valence-corrected chi connectivity index (χ1v) is 29.2. The summed E-state index contributed by atoms with van der Waals surface area (Å²) in [5.74, 6) is -12.7. The Bertz CT molecular complexity index is 2860. The van der Waals surface area contributed by atoms with Crippen molar-refractivity contribution < 1.29 is 78.3 Å². The van der Waals surface area contributed by atoms with Crippen LogP contribution in [0.25, 0.3) is 0 Å². The number of amides is 9. The van der Waals surface area contributed by atoms with Crippen LogP contribution in [0.15, 0.2) is 78.9 Å². The van der Waals surface area contributed by atoms with Crippen LogP contribution in [0.2, 0.25) is 0 Å². The minimum absolute atomic E-state index is 0.0119. The Morgan fingerprint density at radius 1 is 0.529 bits per heavy atom.